The topological polar surface area (TPSA) is 65.9 Å². The number of aromatic nitrogens is 1. The van der Waals surface area contributed by atoms with Crippen molar-refractivity contribution in [2.75, 3.05) is 11.4 Å². The highest BCUT2D eigenvalue weighted by Crippen LogP contribution is 2.22. The summed E-state index contributed by atoms with van der Waals surface area (Å²) in [4.78, 5) is 6.54. The fraction of sp³-hybridized carbons (Fsp3) is 0.500. The number of anilines is 1. The Morgan fingerprint density at radius 2 is 2.38 bits per heavy atom. The zero-order valence-electron chi connectivity index (χ0n) is 9.43. The van der Waals surface area contributed by atoms with E-state index >= 15 is 0 Å². The molecule has 2 rings (SSSR count). The van der Waals surface area contributed by atoms with Gasteiger partial charge in [0.25, 0.3) is 0 Å². The molecule has 1 saturated heterocycles. The maximum Gasteiger partial charge on any atom is 0.142 e. The molecule has 16 heavy (non-hydrogen) atoms. The van der Waals surface area contributed by atoms with E-state index in [0.29, 0.717) is 17.8 Å². The van der Waals surface area contributed by atoms with Crippen molar-refractivity contribution in [3.05, 3.63) is 23.9 Å². The first-order valence-electron chi connectivity index (χ1n) is 5.60. The van der Waals surface area contributed by atoms with Crippen molar-refractivity contribution in [1.29, 1.82) is 5.26 Å². The molecule has 0 aromatic carbocycles. The molecular weight excluding hydrogens is 200 g/mol. The van der Waals surface area contributed by atoms with Gasteiger partial charge in [0.1, 0.15) is 17.6 Å². The standard InChI is InChI=1S/C12H16N4/c1-9-7-10(14)5-6-16(9)12-4-2-3-11(8-13)15-12/h2-4,9-10H,5-7,14H2,1H3. The van der Waals surface area contributed by atoms with Gasteiger partial charge in [-0.2, -0.15) is 5.26 Å². The van der Waals surface area contributed by atoms with E-state index in [1.54, 1.807) is 6.07 Å². The number of piperidine rings is 1. The second kappa shape index (κ2) is 4.50. The minimum Gasteiger partial charge on any atom is -0.354 e. The molecule has 0 spiro atoms. The summed E-state index contributed by atoms with van der Waals surface area (Å²) >= 11 is 0. The fourth-order valence-electron chi connectivity index (χ4n) is 2.19. The zero-order valence-corrected chi connectivity index (χ0v) is 9.43. The largest absolute Gasteiger partial charge is 0.354 e. The molecule has 0 radical (unpaired) electrons. The number of hydrogen-bond donors (Lipinski definition) is 1. The highest BCUT2D eigenvalue weighted by molar-refractivity contribution is 5.43. The molecule has 1 aliphatic rings. The molecule has 2 unspecified atom stereocenters. The molecular formula is C12H16N4. The molecule has 1 fully saturated rings. The van der Waals surface area contributed by atoms with Gasteiger partial charge in [-0.05, 0) is 31.9 Å². The van der Waals surface area contributed by atoms with Crippen LogP contribution >= 0.6 is 0 Å². The van der Waals surface area contributed by atoms with Crippen LogP contribution in [-0.4, -0.2) is 23.6 Å². The lowest BCUT2D eigenvalue weighted by Crippen LogP contribution is -2.46. The molecule has 0 bridgehead atoms. The summed E-state index contributed by atoms with van der Waals surface area (Å²) in [6.45, 7) is 3.07. The summed E-state index contributed by atoms with van der Waals surface area (Å²) in [5, 5.41) is 8.82. The van der Waals surface area contributed by atoms with Crippen LogP contribution in [0.1, 0.15) is 25.5 Å². The van der Waals surface area contributed by atoms with E-state index in [-0.39, 0.29) is 0 Å². The lowest BCUT2D eigenvalue weighted by molar-refractivity contribution is 0.427. The van der Waals surface area contributed by atoms with Crippen LogP contribution in [0.4, 0.5) is 5.82 Å². The molecule has 4 nitrogen and oxygen atoms in total. The average Bonchev–Trinajstić information content (AvgIpc) is 2.29. The minimum absolute atomic E-state index is 0.297. The van der Waals surface area contributed by atoms with Gasteiger partial charge in [-0.25, -0.2) is 4.98 Å². The molecule has 2 N–H and O–H groups in total. The van der Waals surface area contributed by atoms with Crippen molar-refractivity contribution in [3.63, 3.8) is 0 Å². The van der Waals surface area contributed by atoms with E-state index < -0.39 is 0 Å². The number of rotatable bonds is 1. The first kappa shape index (κ1) is 10.9. The van der Waals surface area contributed by atoms with Crippen LogP contribution in [0.25, 0.3) is 0 Å². The summed E-state index contributed by atoms with van der Waals surface area (Å²) in [5.74, 6) is 0.887. The van der Waals surface area contributed by atoms with Gasteiger partial charge in [-0.1, -0.05) is 6.07 Å². The van der Waals surface area contributed by atoms with E-state index in [1.165, 1.54) is 0 Å². The first-order valence-corrected chi connectivity index (χ1v) is 5.60. The van der Waals surface area contributed by atoms with Gasteiger partial charge >= 0.3 is 0 Å². The Morgan fingerprint density at radius 3 is 3.06 bits per heavy atom. The maximum atomic E-state index is 8.82. The summed E-state index contributed by atoms with van der Waals surface area (Å²) in [7, 11) is 0. The summed E-state index contributed by atoms with van der Waals surface area (Å²) in [5.41, 5.74) is 6.39. The molecule has 84 valence electrons. The van der Waals surface area contributed by atoms with Crippen LogP contribution in [0.15, 0.2) is 18.2 Å². The van der Waals surface area contributed by atoms with Gasteiger partial charge < -0.3 is 10.6 Å². The summed E-state index contributed by atoms with van der Waals surface area (Å²) < 4.78 is 0. The maximum absolute atomic E-state index is 8.82. The molecule has 1 aromatic heterocycles. The van der Waals surface area contributed by atoms with Gasteiger partial charge in [-0.15, -0.1) is 0 Å². The number of pyridine rings is 1. The Kier molecular flexibility index (Phi) is 3.07. The van der Waals surface area contributed by atoms with Crippen LogP contribution in [-0.2, 0) is 0 Å². The molecule has 1 aromatic rings. The molecule has 4 heteroatoms. The zero-order chi connectivity index (χ0) is 11.5. The van der Waals surface area contributed by atoms with Crippen molar-refractivity contribution < 1.29 is 0 Å². The molecule has 2 heterocycles. The Balaban J connectivity index is 2.20. The van der Waals surface area contributed by atoms with E-state index in [1.807, 2.05) is 12.1 Å². The normalized spacial score (nSPS) is 25.2. The predicted octanol–water partition coefficient (Wildman–Crippen LogP) is 1.27. The average molecular weight is 216 g/mol. The molecule has 2 atom stereocenters. The quantitative estimate of drug-likeness (QED) is 0.767. The van der Waals surface area contributed by atoms with E-state index in [4.69, 9.17) is 11.0 Å². The van der Waals surface area contributed by atoms with Crippen molar-refractivity contribution >= 4 is 5.82 Å². The molecule has 0 saturated carbocycles. The Bertz CT molecular complexity index is 410. The van der Waals surface area contributed by atoms with Crippen molar-refractivity contribution in [2.45, 2.75) is 31.8 Å². The third-order valence-electron chi connectivity index (χ3n) is 3.06. The SMILES string of the molecule is CC1CC(N)CCN1c1cccc(C#N)n1. The molecule has 0 aliphatic carbocycles. The summed E-state index contributed by atoms with van der Waals surface area (Å²) in [6.07, 6.45) is 1.97. The number of hydrogen-bond acceptors (Lipinski definition) is 4. The smallest absolute Gasteiger partial charge is 0.142 e. The number of nitrogens with zero attached hydrogens (tertiary/aromatic N) is 3. The molecule has 0 amide bonds. The van der Waals surface area contributed by atoms with Crippen LogP contribution in [0.3, 0.4) is 0 Å². The lowest BCUT2D eigenvalue weighted by Gasteiger charge is -2.37. The minimum atomic E-state index is 0.297. The van der Waals surface area contributed by atoms with Crippen LogP contribution in [0.5, 0.6) is 0 Å². The molecule has 1 aliphatic heterocycles. The Labute approximate surface area is 95.7 Å². The summed E-state index contributed by atoms with van der Waals surface area (Å²) in [6, 6.07) is 8.31. The Morgan fingerprint density at radius 1 is 1.56 bits per heavy atom. The van der Waals surface area contributed by atoms with Gasteiger partial charge in [0.05, 0.1) is 0 Å². The number of nitrogens with two attached hydrogens (primary N) is 1. The predicted molar refractivity (Wildman–Crippen MR) is 63.0 cm³/mol. The lowest BCUT2D eigenvalue weighted by atomic mass is 9.99. The van der Waals surface area contributed by atoms with Crippen molar-refractivity contribution in [3.8, 4) is 6.07 Å². The van der Waals surface area contributed by atoms with Crippen LogP contribution < -0.4 is 10.6 Å². The van der Waals surface area contributed by atoms with Gasteiger partial charge in [0.2, 0.25) is 0 Å². The van der Waals surface area contributed by atoms with Crippen LogP contribution in [0, 0.1) is 11.3 Å². The van der Waals surface area contributed by atoms with E-state index in [9.17, 15) is 0 Å². The third kappa shape index (κ3) is 2.15. The van der Waals surface area contributed by atoms with E-state index in [0.717, 1.165) is 25.2 Å². The van der Waals surface area contributed by atoms with Gasteiger partial charge in [-0.3, -0.25) is 0 Å². The third-order valence-corrected chi connectivity index (χ3v) is 3.06. The Hall–Kier alpha value is -1.60. The fourth-order valence-corrected chi connectivity index (χ4v) is 2.19. The number of nitriles is 1. The highest BCUT2D eigenvalue weighted by atomic mass is 15.2. The first-order chi connectivity index (χ1) is 7.70. The van der Waals surface area contributed by atoms with Crippen molar-refractivity contribution in [2.24, 2.45) is 5.73 Å². The highest BCUT2D eigenvalue weighted by Gasteiger charge is 2.24. The van der Waals surface area contributed by atoms with Gasteiger partial charge in [0, 0.05) is 18.6 Å². The second-order valence-corrected chi connectivity index (χ2v) is 4.32. The van der Waals surface area contributed by atoms with E-state index in [2.05, 4.69) is 22.9 Å². The van der Waals surface area contributed by atoms with Gasteiger partial charge in [0.15, 0.2) is 0 Å². The second-order valence-electron chi connectivity index (χ2n) is 4.32. The monoisotopic (exact) mass is 216 g/mol. The van der Waals surface area contributed by atoms with Crippen LogP contribution in [0.2, 0.25) is 0 Å². The van der Waals surface area contributed by atoms with Crippen molar-refractivity contribution in [1.82, 2.24) is 4.98 Å².